The minimum atomic E-state index is 0.653. The quantitative estimate of drug-likeness (QED) is 0.163. The maximum Gasteiger partial charge on any atom is 0.0992 e. The second kappa shape index (κ2) is 15.9. The van der Waals surface area contributed by atoms with Crippen LogP contribution in [0.25, 0.3) is 125 Å². The lowest BCUT2D eigenvalue weighted by Gasteiger charge is -2.19. The number of hydrogen-bond donors (Lipinski definition) is 0. The first-order valence-corrected chi connectivity index (χ1v) is 22.6. The highest BCUT2D eigenvalue weighted by Gasteiger charge is 2.28. The molecule has 0 unspecified atom stereocenters. The fourth-order valence-electron chi connectivity index (χ4n) is 10.5. The van der Waals surface area contributed by atoms with Gasteiger partial charge >= 0.3 is 0 Å². The van der Waals surface area contributed by atoms with Crippen molar-refractivity contribution in [3.8, 4) is 34.0 Å². The highest BCUT2D eigenvalue weighted by atomic mass is 15.0. The molecule has 12 aromatic carbocycles. The summed E-state index contributed by atoms with van der Waals surface area (Å²) in [6, 6.07) is 68.9. The van der Waals surface area contributed by atoms with E-state index in [1.54, 1.807) is 0 Å². The first-order valence-electron chi connectivity index (χ1n) is 22.6. The van der Waals surface area contributed by atoms with Crippen LogP contribution in [0.15, 0.2) is 182 Å². The predicted molar refractivity (Wildman–Crippen MR) is 275 cm³/mol. The monoisotopic (exact) mass is 808 g/mol. The van der Waals surface area contributed by atoms with E-state index in [9.17, 15) is 5.26 Å². The Labute approximate surface area is 368 Å². The second-order valence-electron chi connectivity index (χ2n) is 15.4. The first-order chi connectivity index (χ1) is 31.3. The molecule has 0 amide bonds. The molecule has 0 aliphatic rings. The van der Waals surface area contributed by atoms with E-state index in [1.165, 1.54) is 103 Å². The highest BCUT2D eigenvalue weighted by molar-refractivity contribution is 6.46. The summed E-state index contributed by atoms with van der Waals surface area (Å²) >= 11 is 0. The van der Waals surface area contributed by atoms with Crippen molar-refractivity contribution < 1.29 is 0 Å². The summed E-state index contributed by atoms with van der Waals surface area (Å²) in [5.74, 6) is 0. The Kier molecular flexibility index (Phi) is 9.98. The number of nitrogens with zero attached hydrogens (tertiary/aromatic N) is 2. The fourth-order valence-corrected chi connectivity index (χ4v) is 10.5. The molecule has 2 heteroatoms. The van der Waals surface area contributed by atoms with Crippen molar-refractivity contribution in [3.05, 3.63) is 188 Å². The van der Waals surface area contributed by atoms with Crippen molar-refractivity contribution in [1.82, 2.24) is 4.57 Å². The van der Waals surface area contributed by atoms with Gasteiger partial charge in [0.05, 0.1) is 22.7 Å². The van der Waals surface area contributed by atoms with Gasteiger partial charge in [0, 0.05) is 16.5 Å². The predicted octanol–water partition coefficient (Wildman–Crippen LogP) is 18.0. The van der Waals surface area contributed by atoms with E-state index < -0.39 is 0 Å². The van der Waals surface area contributed by atoms with E-state index in [2.05, 4.69) is 180 Å². The fraction of sp³-hybridized carbons (Fsp3) is 0.0984. The average Bonchev–Trinajstić information content (AvgIpc) is 4.00. The van der Waals surface area contributed by atoms with Crippen LogP contribution in [0.3, 0.4) is 0 Å². The van der Waals surface area contributed by atoms with Gasteiger partial charge in [0.25, 0.3) is 0 Å². The SMILES string of the molecule is CC.CC.CC.N#Cc1ccc2c3c4cccc5c6c(-c7ccccc7)c7c(cc8c9ccccc9c9cccc7c98)c(-c7ccccc7)c6c(cc3n(-c3ccccc3)c2c1)c54. The van der Waals surface area contributed by atoms with Gasteiger partial charge in [-0.1, -0.05) is 187 Å². The molecule has 13 aromatic rings. The zero-order valence-corrected chi connectivity index (χ0v) is 36.7. The number of aromatic nitrogens is 1. The van der Waals surface area contributed by atoms with Crippen LogP contribution in [0.2, 0.25) is 0 Å². The topological polar surface area (TPSA) is 28.7 Å². The molecular formula is C61H48N2. The molecule has 0 atom stereocenters. The molecular weight excluding hydrogens is 761 g/mol. The number of para-hydroxylation sites is 1. The van der Waals surface area contributed by atoms with Crippen molar-refractivity contribution in [2.75, 3.05) is 0 Å². The van der Waals surface area contributed by atoms with E-state index >= 15 is 0 Å². The largest absolute Gasteiger partial charge is 0.309 e. The zero-order valence-electron chi connectivity index (χ0n) is 36.7. The maximum atomic E-state index is 10.1. The summed E-state index contributed by atoms with van der Waals surface area (Å²) in [4.78, 5) is 0. The van der Waals surface area contributed by atoms with E-state index in [0.29, 0.717) is 5.56 Å². The third-order valence-electron chi connectivity index (χ3n) is 12.6. The molecule has 302 valence electrons. The molecule has 0 saturated carbocycles. The van der Waals surface area contributed by atoms with Crippen LogP contribution in [-0.2, 0) is 0 Å². The molecule has 0 spiro atoms. The van der Waals surface area contributed by atoms with Gasteiger partial charge in [0.2, 0.25) is 0 Å². The van der Waals surface area contributed by atoms with Crippen LogP contribution in [0.5, 0.6) is 0 Å². The molecule has 0 N–H and O–H groups in total. The molecule has 0 aliphatic carbocycles. The second-order valence-corrected chi connectivity index (χ2v) is 15.4. The van der Waals surface area contributed by atoms with Gasteiger partial charge in [0.15, 0.2) is 0 Å². The molecule has 0 bridgehead atoms. The Balaban J connectivity index is 0.000000756. The van der Waals surface area contributed by atoms with Gasteiger partial charge in [-0.05, 0) is 134 Å². The molecule has 1 aromatic heterocycles. The van der Waals surface area contributed by atoms with Crippen molar-refractivity contribution in [2.24, 2.45) is 0 Å². The molecule has 1 heterocycles. The Morgan fingerprint density at radius 3 is 1.44 bits per heavy atom. The molecule has 0 aliphatic heterocycles. The normalized spacial score (nSPS) is 11.3. The summed E-state index contributed by atoms with van der Waals surface area (Å²) in [5, 5.41) is 30.4. The Hall–Kier alpha value is -7.73. The lowest BCUT2D eigenvalue weighted by molar-refractivity contribution is 1.18. The Morgan fingerprint density at radius 1 is 0.317 bits per heavy atom. The van der Waals surface area contributed by atoms with Crippen molar-refractivity contribution >= 4 is 97.2 Å². The average molecular weight is 809 g/mol. The van der Waals surface area contributed by atoms with E-state index in [-0.39, 0.29) is 0 Å². The lowest BCUT2D eigenvalue weighted by Crippen LogP contribution is -1.93. The Bertz CT molecular complexity index is 3830. The third-order valence-corrected chi connectivity index (χ3v) is 12.6. The van der Waals surface area contributed by atoms with Gasteiger partial charge in [-0.15, -0.1) is 0 Å². The molecule has 0 fully saturated rings. The van der Waals surface area contributed by atoms with Gasteiger partial charge in [-0.3, -0.25) is 0 Å². The number of hydrogen-bond acceptors (Lipinski definition) is 1. The minimum absolute atomic E-state index is 0.653. The van der Waals surface area contributed by atoms with Crippen LogP contribution < -0.4 is 0 Å². The minimum Gasteiger partial charge on any atom is -0.309 e. The summed E-state index contributed by atoms with van der Waals surface area (Å²) in [7, 11) is 0. The van der Waals surface area contributed by atoms with Crippen LogP contribution in [0.4, 0.5) is 0 Å². The van der Waals surface area contributed by atoms with Crippen LogP contribution in [0, 0.1) is 11.3 Å². The number of fused-ring (bicyclic) bond motifs is 12. The van der Waals surface area contributed by atoms with Gasteiger partial charge in [-0.25, -0.2) is 0 Å². The van der Waals surface area contributed by atoms with Crippen LogP contribution >= 0.6 is 0 Å². The van der Waals surface area contributed by atoms with Crippen molar-refractivity contribution in [3.63, 3.8) is 0 Å². The highest BCUT2D eigenvalue weighted by Crippen LogP contribution is 2.55. The molecule has 0 saturated heterocycles. The third kappa shape index (κ3) is 5.63. The first kappa shape index (κ1) is 39.4. The smallest absolute Gasteiger partial charge is 0.0992 e. The summed E-state index contributed by atoms with van der Waals surface area (Å²) in [6.07, 6.45) is 0. The molecule has 13 rings (SSSR count). The summed E-state index contributed by atoms with van der Waals surface area (Å²) in [5.41, 5.74) is 8.86. The number of nitriles is 1. The maximum absolute atomic E-state index is 10.1. The van der Waals surface area contributed by atoms with E-state index in [1.807, 2.05) is 53.7 Å². The standard InChI is InChI=1S/C55H30N2.3C2H6/c56-31-32-26-27-39-46(28-32)57(35-18-8-3-9-19-35)47-30-45-51-40(52(39)47)23-13-25-42(51)54-49(34-16-6-2-7-17-34)53-41-24-12-22-38-36-20-10-11-21-37(36)43(50(38)41)29-44(53)48(55(45)54)33-14-4-1-5-15-33;3*1-2/h1-30H;3*1-2H3. The van der Waals surface area contributed by atoms with Crippen molar-refractivity contribution in [2.45, 2.75) is 41.5 Å². The van der Waals surface area contributed by atoms with Gasteiger partial charge < -0.3 is 4.57 Å². The molecule has 2 nitrogen and oxygen atoms in total. The zero-order chi connectivity index (χ0) is 43.4. The molecule has 0 radical (unpaired) electrons. The van der Waals surface area contributed by atoms with Crippen LogP contribution in [0.1, 0.15) is 47.1 Å². The van der Waals surface area contributed by atoms with Gasteiger partial charge in [-0.2, -0.15) is 5.26 Å². The lowest BCUT2D eigenvalue weighted by atomic mass is 9.84. The number of benzene rings is 10. The summed E-state index contributed by atoms with van der Waals surface area (Å²) in [6.45, 7) is 12.0. The summed E-state index contributed by atoms with van der Waals surface area (Å²) < 4.78 is 2.36. The van der Waals surface area contributed by atoms with E-state index in [0.717, 1.165) is 22.1 Å². The van der Waals surface area contributed by atoms with Crippen LogP contribution in [-0.4, -0.2) is 4.57 Å². The number of rotatable bonds is 3. The Morgan fingerprint density at radius 2 is 0.810 bits per heavy atom. The molecule has 63 heavy (non-hydrogen) atoms. The van der Waals surface area contributed by atoms with Gasteiger partial charge in [0.1, 0.15) is 0 Å². The van der Waals surface area contributed by atoms with Crippen molar-refractivity contribution in [1.29, 1.82) is 5.26 Å². The van der Waals surface area contributed by atoms with E-state index in [4.69, 9.17) is 0 Å².